The molecule has 1 amide bonds. The quantitative estimate of drug-likeness (QED) is 0.468. The molecule has 0 bridgehead atoms. The zero-order valence-electron chi connectivity index (χ0n) is 12.7. The molecule has 126 valence electrons. The highest BCUT2D eigenvalue weighted by Crippen LogP contribution is 2.17. The smallest absolute Gasteiger partial charge is 0.277 e. The third-order valence-electron chi connectivity index (χ3n) is 2.91. The first-order valence-electron chi connectivity index (χ1n) is 6.91. The van der Waals surface area contributed by atoms with E-state index in [9.17, 15) is 19.3 Å². The van der Waals surface area contributed by atoms with Gasteiger partial charge in [0.25, 0.3) is 11.6 Å². The summed E-state index contributed by atoms with van der Waals surface area (Å²) >= 11 is 0. The molecule has 1 aromatic carbocycles. The summed E-state index contributed by atoms with van der Waals surface area (Å²) in [6.45, 7) is 1.79. The molecule has 0 aliphatic heterocycles. The Morgan fingerprint density at radius 1 is 1.50 bits per heavy atom. The number of nitro groups is 1. The number of rotatable bonds is 7. The van der Waals surface area contributed by atoms with Gasteiger partial charge in [0.05, 0.1) is 22.9 Å². The lowest BCUT2D eigenvalue weighted by atomic mass is 10.3. The van der Waals surface area contributed by atoms with Gasteiger partial charge in [0.1, 0.15) is 5.75 Å². The molecule has 9 nitrogen and oxygen atoms in total. The lowest BCUT2D eigenvalue weighted by molar-refractivity contribution is -0.384. The van der Waals surface area contributed by atoms with Crippen LogP contribution in [-0.2, 0) is 11.3 Å². The fourth-order valence-electron chi connectivity index (χ4n) is 1.71. The first kappa shape index (κ1) is 17.1. The molecule has 0 spiro atoms. The maximum absolute atomic E-state index is 13.6. The summed E-state index contributed by atoms with van der Waals surface area (Å²) in [6, 6.07) is 5.28. The number of amides is 1. The number of aryl methyl sites for hydroxylation is 1. The predicted molar refractivity (Wildman–Crippen MR) is 82.2 cm³/mol. The van der Waals surface area contributed by atoms with Gasteiger partial charge >= 0.3 is 0 Å². The molecule has 0 unspecified atom stereocenters. The van der Waals surface area contributed by atoms with Crippen LogP contribution < -0.4 is 10.2 Å². The summed E-state index contributed by atoms with van der Waals surface area (Å²) in [5.41, 5.74) is 2.25. The van der Waals surface area contributed by atoms with Crippen molar-refractivity contribution in [2.24, 2.45) is 5.10 Å². The molecule has 0 fully saturated rings. The lowest BCUT2D eigenvalue weighted by Gasteiger charge is -2.04. The highest BCUT2D eigenvalue weighted by molar-refractivity contribution is 5.82. The molecule has 1 heterocycles. The summed E-state index contributed by atoms with van der Waals surface area (Å²) in [5.74, 6) is -0.805. The third-order valence-corrected chi connectivity index (χ3v) is 2.91. The molecule has 2 aromatic rings. The Labute approximate surface area is 135 Å². The molecule has 0 saturated carbocycles. The third kappa shape index (κ3) is 4.35. The van der Waals surface area contributed by atoms with Crippen molar-refractivity contribution in [3.8, 4) is 5.75 Å². The van der Waals surface area contributed by atoms with Crippen LogP contribution in [0.1, 0.15) is 12.5 Å². The van der Waals surface area contributed by atoms with Crippen LogP contribution in [0.15, 0.2) is 35.6 Å². The minimum Gasteiger partial charge on any atom is -0.484 e. The van der Waals surface area contributed by atoms with E-state index in [1.165, 1.54) is 30.5 Å². The first-order chi connectivity index (χ1) is 11.5. The molecule has 0 aliphatic carbocycles. The monoisotopic (exact) mass is 335 g/mol. The molecule has 0 saturated heterocycles. The second-order valence-electron chi connectivity index (χ2n) is 4.54. The van der Waals surface area contributed by atoms with Gasteiger partial charge in [-0.1, -0.05) is 0 Å². The standard InChI is InChI=1S/C14H14FN5O4/c1-2-19-14(15)10(8-17-19)7-16-18-13(21)9-24-12-5-3-11(4-6-12)20(22)23/h3-8H,2,9H2,1H3,(H,18,21). The fraction of sp³-hybridized carbons (Fsp3) is 0.214. The number of ether oxygens (including phenoxy) is 1. The fourth-order valence-corrected chi connectivity index (χ4v) is 1.71. The minimum atomic E-state index is -0.562. The number of non-ortho nitro benzene ring substituents is 1. The number of nitro benzene ring substituents is 1. The van der Waals surface area contributed by atoms with Gasteiger partial charge in [-0.15, -0.1) is 0 Å². The highest BCUT2D eigenvalue weighted by Gasteiger charge is 2.08. The van der Waals surface area contributed by atoms with Gasteiger partial charge < -0.3 is 4.74 Å². The SMILES string of the molecule is CCn1ncc(C=NNC(=O)COc2ccc([N+](=O)[O-])cc2)c1F. The van der Waals surface area contributed by atoms with Crippen molar-refractivity contribution in [3.05, 3.63) is 52.1 Å². The van der Waals surface area contributed by atoms with Crippen LogP contribution in [0.3, 0.4) is 0 Å². The van der Waals surface area contributed by atoms with Crippen LogP contribution in [-0.4, -0.2) is 33.4 Å². The average Bonchev–Trinajstić information content (AvgIpc) is 2.93. The number of nitrogens with one attached hydrogen (secondary N) is 1. The molecule has 0 aliphatic rings. The summed E-state index contributed by atoms with van der Waals surface area (Å²) in [5, 5.41) is 17.9. The average molecular weight is 335 g/mol. The van der Waals surface area contributed by atoms with Gasteiger partial charge in [0, 0.05) is 18.7 Å². The van der Waals surface area contributed by atoms with Gasteiger partial charge in [-0.05, 0) is 19.1 Å². The molecule has 2 rings (SSSR count). The zero-order valence-corrected chi connectivity index (χ0v) is 12.7. The number of aromatic nitrogens is 2. The summed E-state index contributed by atoms with van der Waals surface area (Å²) < 4.78 is 19.9. The topological polar surface area (TPSA) is 112 Å². The van der Waals surface area contributed by atoms with E-state index in [1.807, 2.05) is 0 Å². The number of carbonyl (C=O) groups excluding carboxylic acids is 1. The molecule has 0 radical (unpaired) electrons. The van der Waals surface area contributed by atoms with E-state index in [0.717, 1.165) is 10.9 Å². The molecular formula is C14H14FN5O4. The Morgan fingerprint density at radius 2 is 2.21 bits per heavy atom. The van der Waals surface area contributed by atoms with E-state index >= 15 is 0 Å². The van der Waals surface area contributed by atoms with Crippen molar-refractivity contribution in [1.29, 1.82) is 0 Å². The molecule has 0 atom stereocenters. The Kier molecular flexibility index (Phi) is 5.55. The Morgan fingerprint density at radius 3 is 2.79 bits per heavy atom. The van der Waals surface area contributed by atoms with E-state index in [0.29, 0.717) is 12.3 Å². The Balaban J connectivity index is 1.81. The van der Waals surface area contributed by atoms with Crippen LogP contribution in [0.5, 0.6) is 5.75 Å². The summed E-state index contributed by atoms with van der Waals surface area (Å²) in [7, 11) is 0. The maximum Gasteiger partial charge on any atom is 0.277 e. The molecular weight excluding hydrogens is 321 g/mol. The number of hydrogen-bond acceptors (Lipinski definition) is 6. The highest BCUT2D eigenvalue weighted by atomic mass is 19.1. The van der Waals surface area contributed by atoms with Crippen LogP contribution in [0, 0.1) is 16.1 Å². The van der Waals surface area contributed by atoms with Gasteiger partial charge in [-0.25, -0.2) is 10.1 Å². The zero-order chi connectivity index (χ0) is 17.5. The van der Waals surface area contributed by atoms with Crippen LogP contribution in [0.25, 0.3) is 0 Å². The summed E-state index contributed by atoms with van der Waals surface area (Å²) in [6.07, 6.45) is 2.43. The number of hydrogen-bond donors (Lipinski definition) is 1. The summed E-state index contributed by atoms with van der Waals surface area (Å²) in [4.78, 5) is 21.5. The van der Waals surface area contributed by atoms with Crippen molar-refractivity contribution in [1.82, 2.24) is 15.2 Å². The minimum absolute atomic E-state index is 0.0777. The molecule has 1 N–H and O–H groups in total. The van der Waals surface area contributed by atoms with Crippen molar-refractivity contribution >= 4 is 17.8 Å². The van der Waals surface area contributed by atoms with E-state index < -0.39 is 16.8 Å². The van der Waals surface area contributed by atoms with Crippen LogP contribution in [0.4, 0.5) is 10.1 Å². The lowest BCUT2D eigenvalue weighted by Crippen LogP contribution is -2.24. The molecule has 1 aromatic heterocycles. The van der Waals surface area contributed by atoms with Crippen molar-refractivity contribution < 1.29 is 18.8 Å². The van der Waals surface area contributed by atoms with Gasteiger partial charge in [-0.3, -0.25) is 14.9 Å². The van der Waals surface area contributed by atoms with Crippen molar-refractivity contribution in [2.75, 3.05) is 6.61 Å². The van der Waals surface area contributed by atoms with E-state index in [-0.39, 0.29) is 17.9 Å². The Hall–Kier alpha value is -3.30. The van der Waals surface area contributed by atoms with Crippen LogP contribution in [0.2, 0.25) is 0 Å². The first-order valence-corrected chi connectivity index (χ1v) is 6.91. The largest absolute Gasteiger partial charge is 0.484 e. The van der Waals surface area contributed by atoms with Crippen LogP contribution >= 0.6 is 0 Å². The number of carbonyl (C=O) groups is 1. The van der Waals surface area contributed by atoms with Crippen molar-refractivity contribution in [2.45, 2.75) is 13.5 Å². The predicted octanol–water partition coefficient (Wildman–Crippen LogP) is 1.48. The van der Waals surface area contributed by atoms with Crippen molar-refractivity contribution in [3.63, 3.8) is 0 Å². The maximum atomic E-state index is 13.6. The second-order valence-corrected chi connectivity index (χ2v) is 4.54. The van der Waals surface area contributed by atoms with E-state index in [1.54, 1.807) is 6.92 Å². The van der Waals surface area contributed by atoms with Gasteiger partial charge in [0.15, 0.2) is 6.61 Å². The Bertz CT molecular complexity index is 757. The number of halogens is 1. The van der Waals surface area contributed by atoms with E-state index in [4.69, 9.17) is 4.74 Å². The van der Waals surface area contributed by atoms with E-state index in [2.05, 4.69) is 15.6 Å². The van der Waals surface area contributed by atoms with Gasteiger partial charge in [0.2, 0.25) is 5.95 Å². The number of nitrogens with zero attached hydrogens (tertiary/aromatic N) is 4. The molecule has 24 heavy (non-hydrogen) atoms. The van der Waals surface area contributed by atoms with Gasteiger partial charge in [-0.2, -0.15) is 14.6 Å². The number of hydrazone groups is 1. The molecule has 10 heteroatoms. The number of benzene rings is 1. The normalized spacial score (nSPS) is 10.8. The second kappa shape index (κ2) is 7.81.